The van der Waals surface area contributed by atoms with Crippen molar-refractivity contribution in [2.24, 2.45) is 0 Å². The molecule has 0 unspecified atom stereocenters. The fourth-order valence-electron chi connectivity index (χ4n) is 1.03. The van der Waals surface area contributed by atoms with Gasteiger partial charge in [0.05, 0.1) is 0 Å². The Morgan fingerprint density at radius 2 is 2.43 bits per heavy atom. The molecule has 78 valence electrons. The van der Waals surface area contributed by atoms with Crippen LogP contribution in [0.4, 0.5) is 5.13 Å². The zero-order valence-corrected chi connectivity index (χ0v) is 8.89. The van der Waals surface area contributed by atoms with Crippen LogP contribution in [0.25, 0.3) is 0 Å². The van der Waals surface area contributed by atoms with E-state index in [1.165, 1.54) is 11.3 Å². The number of carboxylic acid groups (broad SMARTS) is 1. The summed E-state index contributed by atoms with van der Waals surface area (Å²) in [5.41, 5.74) is 0. The number of thiazole rings is 1. The van der Waals surface area contributed by atoms with E-state index in [1.807, 2.05) is 0 Å². The Kier molecular flexibility index (Phi) is 3.84. The van der Waals surface area contributed by atoms with Crippen molar-refractivity contribution in [1.29, 1.82) is 0 Å². The molecular formula is C8H13N3O2S. The summed E-state index contributed by atoms with van der Waals surface area (Å²) in [4.78, 5) is 15.7. The maximum Gasteiger partial charge on any atom is 0.321 e. The van der Waals surface area contributed by atoms with Gasteiger partial charge in [0.1, 0.15) is 6.04 Å². The van der Waals surface area contributed by atoms with E-state index in [0.29, 0.717) is 6.42 Å². The van der Waals surface area contributed by atoms with Gasteiger partial charge in [-0.3, -0.25) is 4.79 Å². The van der Waals surface area contributed by atoms with Crippen LogP contribution in [0.3, 0.4) is 0 Å². The number of aliphatic carboxylic acids is 1. The molecule has 1 atom stereocenters. The van der Waals surface area contributed by atoms with Crippen molar-refractivity contribution in [3.05, 3.63) is 11.1 Å². The van der Waals surface area contributed by atoms with E-state index in [4.69, 9.17) is 5.11 Å². The third kappa shape index (κ3) is 2.68. The van der Waals surface area contributed by atoms with E-state index in [1.54, 1.807) is 20.3 Å². The molecule has 0 bridgehead atoms. The number of rotatable bonds is 5. The molecule has 3 N–H and O–H groups in total. The molecule has 1 aromatic heterocycles. The Labute approximate surface area is 86.2 Å². The van der Waals surface area contributed by atoms with Gasteiger partial charge in [0.2, 0.25) is 0 Å². The Balaban J connectivity index is 2.62. The standard InChI is InChI=1S/C8H13N3O2S/c1-9-6(7(12)13)3-5-4-11-8(10-2)14-5/h4,6,9H,3H2,1-2H3,(H,10,11)(H,12,13)/t6-/m0/s1. The van der Waals surface area contributed by atoms with Gasteiger partial charge in [0.25, 0.3) is 0 Å². The number of nitrogens with zero attached hydrogens (tertiary/aromatic N) is 1. The second kappa shape index (κ2) is 4.92. The maximum atomic E-state index is 10.7. The van der Waals surface area contributed by atoms with E-state index in [0.717, 1.165) is 10.0 Å². The molecule has 5 nitrogen and oxygen atoms in total. The molecule has 0 fully saturated rings. The summed E-state index contributed by atoms with van der Waals surface area (Å²) in [5, 5.41) is 15.3. The number of carboxylic acids is 1. The van der Waals surface area contributed by atoms with E-state index >= 15 is 0 Å². The molecule has 0 saturated carbocycles. The maximum absolute atomic E-state index is 10.7. The summed E-state index contributed by atoms with van der Waals surface area (Å²) < 4.78 is 0. The van der Waals surface area contributed by atoms with Gasteiger partial charge in [-0.15, -0.1) is 11.3 Å². The van der Waals surface area contributed by atoms with Crippen LogP contribution in [-0.2, 0) is 11.2 Å². The van der Waals surface area contributed by atoms with E-state index in [2.05, 4.69) is 15.6 Å². The van der Waals surface area contributed by atoms with Gasteiger partial charge < -0.3 is 15.7 Å². The molecule has 0 radical (unpaired) electrons. The molecule has 0 saturated heterocycles. The largest absolute Gasteiger partial charge is 0.480 e. The highest BCUT2D eigenvalue weighted by Gasteiger charge is 2.16. The molecule has 0 amide bonds. The highest BCUT2D eigenvalue weighted by Crippen LogP contribution is 2.18. The van der Waals surface area contributed by atoms with Crippen LogP contribution in [0.1, 0.15) is 4.88 Å². The summed E-state index contributed by atoms with van der Waals surface area (Å²) >= 11 is 1.47. The van der Waals surface area contributed by atoms with E-state index < -0.39 is 12.0 Å². The molecule has 0 spiro atoms. The molecule has 1 aromatic rings. The van der Waals surface area contributed by atoms with E-state index in [9.17, 15) is 4.79 Å². The number of carbonyl (C=O) groups is 1. The first kappa shape index (κ1) is 10.9. The third-order valence-electron chi connectivity index (χ3n) is 1.82. The fourth-order valence-corrected chi connectivity index (χ4v) is 1.84. The summed E-state index contributed by atoms with van der Waals surface area (Å²) in [6.45, 7) is 0. The van der Waals surface area contributed by atoms with Gasteiger partial charge in [-0.25, -0.2) is 4.98 Å². The van der Waals surface area contributed by atoms with Crippen molar-refractivity contribution in [1.82, 2.24) is 10.3 Å². The van der Waals surface area contributed by atoms with Crippen molar-refractivity contribution < 1.29 is 9.90 Å². The van der Waals surface area contributed by atoms with Gasteiger partial charge in [-0.1, -0.05) is 0 Å². The van der Waals surface area contributed by atoms with E-state index in [-0.39, 0.29) is 0 Å². The lowest BCUT2D eigenvalue weighted by Gasteiger charge is -2.08. The predicted octanol–water partition coefficient (Wildman–Crippen LogP) is 0.400. The molecule has 0 aliphatic carbocycles. The minimum atomic E-state index is -0.841. The lowest BCUT2D eigenvalue weighted by atomic mass is 10.2. The number of aromatic nitrogens is 1. The molecule has 0 aliphatic heterocycles. The molecule has 1 heterocycles. The fraction of sp³-hybridized carbons (Fsp3) is 0.500. The summed E-state index contributed by atoms with van der Waals surface area (Å²) in [5.74, 6) is -0.841. The minimum absolute atomic E-state index is 0.463. The first-order valence-corrected chi connectivity index (χ1v) is 5.01. The number of nitrogens with one attached hydrogen (secondary N) is 2. The molecule has 1 rings (SSSR count). The molecule has 0 aliphatic rings. The van der Waals surface area contributed by atoms with Gasteiger partial charge in [0, 0.05) is 24.5 Å². The quantitative estimate of drug-likeness (QED) is 0.663. The predicted molar refractivity (Wildman–Crippen MR) is 55.8 cm³/mol. The Bertz CT molecular complexity index is 313. The first-order chi connectivity index (χ1) is 6.67. The normalized spacial score (nSPS) is 12.4. The topological polar surface area (TPSA) is 74.2 Å². The number of likely N-dealkylation sites (N-methyl/N-ethyl adjacent to an activating group) is 1. The molecule has 0 aromatic carbocycles. The van der Waals surface area contributed by atoms with Crippen LogP contribution >= 0.6 is 11.3 Å². The molecule has 6 heteroatoms. The van der Waals surface area contributed by atoms with Crippen LogP contribution in [0.2, 0.25) is 0 Å². The SMILES string of the molecule is CNc1ncc(C[C@H](NC)C(=O)O)s1. The number of hydrogen-bond acceptors (Lipinski definition) is 5. The Morgan fingerprint density at radius 1 is 1.71 bits per heavy atom. The number of hydrogen-bond donors (Lipinski definition) is 3. The van der Waals surface area contributed by atoms with Crippen LogP contribution in [0.5, 0.6) is 0 Å². The lowest BCUT2D eigenvalue weighted by Crippen LogP contribution is -2.35. The minimum Gasteiger partial charge on any atom is -0.480 e. The van der Waals surface area contributed by atoms with Gasteiger partial charge >= 0.3 is 5.97 Å². The smallest absolute Gasteiger partial charge is 0.321 e. The van der Waals surface area contributed by atoms with Gasteiger partial charge in [0.15, 0.2) is 5.13 Å². The highest BCUT2D eigenvalue weighted by molar-refractivity contribution is 7.15. The van der Waals surface area contributed by atoms with Crippen molar-refractivity contribution in [3.8, 4) is 0 Å². The summed E-state index contributed by atoms with van der Waals surface area (Å²) in [7, 11) is 3.42. The van der Waals surface area contributed by atoms with Gasteiger partial charge in [-0.2, -0.15) is 0 Å². The second-order valence-corrected chi connectivity index (χ2v) is 3.88. The Morgan fingerprint density at radius 3 is 2.86 bits per heavy atom. The van der Waals surface area contributed by atoms with Crippen LogP contribution in [0.15, 0.2) is 6.20 Å². The Hall–Kier alpha value is -1.14. The third-order valence-corrected chi connectivity index (χ3v) is 2.86. The molecule has 14 heavy (non-hydrogen) atoms. The average Bonchev–Trinajstić information content (AvgIpc) is 2.61. The first-order valence-electron chi connectivity index (χ1n) is 4.20. The zero-order chi connectivity index (χ0) is 10.6. The van der Waals surface area contributed by atoms with Crippen LogP contribution in [0, 0.1) is 0 Å². The van der Waals surface area contributed by atoms with Crippen molar-refractivity contribution in [2.75, 3.05) is 19.4 Å². The zero-order valence-electron chi connectivity index (χ0n) is 8.07. The second-order valence-electron chi connectivity index (χ2n) is 2.77. The summed E-state index contributed by atoms with van der Waals surface area (Å²) in [6, 6.07) is -0.542. The average molecular weight is 215 g/mol. The lowest BCUT2D eigenvalue weighted by molar-refractivity contribution is -0.139. The van der Waals surface area contributed by atoms with Crippen molar-refractivity contribution in [3.63, 3.8) is 0 Å². The van der Waals surface area contributed by atoms with Crippen molar-refractivity contribution in [2.45, 2.75) is 12.5 Å². The highest BCUT2D eigenvalue weighted by atomic mass is 32.1. The molecular weight excluding hydrogens is 202 g/mol. The van der Waals surface area contributed by atoms with Crippen LogP contribution in [-0.4, -0.2) is 36.2 Å². The number of anilines is 1. The van der Waals surface area contributed by atoms with Gasteiger partial charge in [-0.05, 0) is 7.05 Å². The monoisotopic (exact) mass is 215 g/mol. The summed E-state index contributed by atoms with van der Waals surface area (Å²) in [6.07, 6.45) is 2.16. The van der Waals surface area contributed by atoms with Crippen LogP contribution < -0.4 is 10.6 Å². The van der Waals surface area contributed by atoms with Crippen molar-refractivity contribution >= 4 is 22.4 Å².